The van der Waals surface area contributed by atoms with E-state index in [4.69, 9.17) is 0 Å². The number of likely N-dealkylation sites (tertiary alicyclic amines) is 1. The summed E-state index contributed by atoms with van der Waals surface area (Å²) < 4.78 is 0. The van der Waals surface area contributed by atoms with Crippen molar-refractivity contribution < 1.29 is 5.11 Å². The van der Waals surface area contributed by atoms with Gasteiger partial charge in [0.2, 0.25) is 0 Å². The topological polar surface area (TPSA) is 23.5 Å². The fourth-order valence-electron chi connectivity index (χ4n) is 2.47. The molecule has 2 rings (SSSR count). The molecule has 1 aliphatic heterocycles. The van der Waals surface area contributed by atoms with E-state index in [0.717, 1.165) is 38.9 Å². The van der Waals surface area contributed by atoms with E-state index in [1.54, 1.807) is 0 Å². The normalized spacial score (nSPS) is 22.2. The molecule has 0 radical (unpaired) electrons. The minimum atomic E-state index is -0.123. The summed E-state index contributed by atoms with van der Waals surface area (Å²) in [4.78, 5) is 2.36. The van der Waals surface area contributed by atoms with Crippen LogP contribution < -0.4 is 0 Å². The predicted molar refractivity (Wildman–Crippen MR) is 66.3 cm³/mol. The molecule has 1 atom stereocenters. The zero-order valence-corrected chi connectivity index (χ0v) is 10.0. The lowest BCUT2D eigenvalue weighted by Crippen LogP contribution is -2.37. The number of hydrogen-bond acceptors (Lipinski definition) is 2. The van der Waals surface area contributed by atoms with Crippen LogP contribution in [0.3, 0.4) is 0 Å². The Morgan fingerprint density at radius 3 is 2.75 bits per heavy atom. The summed E-state index contributed by atoms with van der Waals surface area (Å²) in [6.07, 6.45) is 3.05. The highest BCUT2D eigenvalue weighted by molar-refractivity contribution is 5.26. The molecular weight excluding hydrogens is 198 g/mol. The van der Waals surface area contributed by atoms with Crippen LogP contribution in [0.25, 0.3) is 0 Å². The lowest BCUT2D eigenvalue weighted by atomic mass is 10.0. The summed E-state index contributed by atoms with van der Waals surface area (Å²) >= 11 is 0. The van der Waals surface area contributed by atoms with E-state index >= 15 is 0 Å². The van der Waals surface area contributed by atoms with E-state index in [1.165, 1.54) is 11.1 Å². The number of rotatable bonds is 3. The quantitative estimate of drug-likeness (QED) is 0.842. The minimum Gasteiger partial charge on any atom is -0.392 e. The molecule has 0 aromatic heterocycles. The van der Waals surface area contributed by atoms with E-state index in [2.05, 4.69) is 36.1 Å². The van der Waals surface area contributed by atoms with Crippen LogP contribution in [0.1, 0.15) is 30.9 Å². The van der Waals surface area contributed by atoms with Crippen molar-refractivity contribution in [3.8, 4) is 0 Å². The highest BCUT2D eigenvalue weighted by Gasteiger charge is 2.17. The van der Waals surface area contributed by atoms with E-state index in [9.17, 15) is 5.11 Å². The highest BCUT2D eigenvalue weighted by Crippen LogP contribution is 2.16. The van der Waals surface area contributed by atoms with Gasteiger partial charge in [0, 0.05) is 13.1 Å². The van der Waals surface area contributed by atoms with Gasteiger partial charge in [-0.15, -0.1) is 0 Å². The maximum atomic E-state index is 9.64. The molecule has 1 fully saturated rings. The van der Waals surface area contributed by atoms with Gasteiger partial charge in [-0.25, -0.2) is 0 Å². The van der Waals surface area contributed by atoms with Crippen molar-refractivity contribution in [3.05, 3.63) is 35.4 Å². The van der Waals surface area contributed by atoms with Crippen LogP contribution in [-0.4, -0.2) is 29.2 Å². The first kappa shape index (κ1) is 11.6. The second-order valence-corrected chi connectivity index (χ2v) is 4.65. The van der Waals surface area contributed by atoms with Crippen molar-refractivity contribution in [1.29, 1.82) is 0 Å². The van der Waals surface area contributed by atoms with Gasteiger partial charge in [-0.05, 0) is 36.9 Å². The van der Waals surface area contributed by atoms with E-state index in [1.807, 2.05) is 0 Å². The molecule has 0 bridgehead atoms. The Labute approximate surface area is 97.9 Å². The fourth-order valence-corrected chi connectivity index (χ4v) is 2.47. The van der Waals surface area contributed by atoms with Gasteiger partial charge in [0.1, 0.15) is 0 Å². The third-order valence-corrected chi connectivity index (χ3v) is 3.37. The lowest BCUT2D eigenvalue weighted by molar-refractivity contribution is 0.0667. The monoisotopic (exact) mass is 219 g/mol. The molecular formula is C14H21NO. The Hall–Kier alpha value is -0.860. The molecule has 0 unspecified atom stereocenters. The minimum absolute atomic E-state index is 0.123. The zero-order chi connectivity index (χ0) is 11.4. The SMILES string of the molecule is CCc1ccccc1CN1CCC[C@@H](O)C1. The molecule has 0 saturated carbocycles. The molecule has 1 heterocycles. The summed E-state index contributed by atoms with van der Waals surface area (Å²) in [6.45, 7) is 5.14. The summed E-state index contributed by atoms with van der Waals surface area (Å²) in [5.74, 6) is 0. The van der Waals surface area contributed by atoms with Gasteiger partial charge >= 0.3 is 0 Å². The first-order valence-electron chi connectivity index (χ1n) is 6.26. The average Bonchev–Trinajstić information content (AvgIpc) is 2.30. The number of benzene rings is 1. The Balaban J connectivity index is 2.02. The summed E-state index contributed by atoms with van der Waals surface area (Å²) in [7, 11) is 0. The van der Waals surface area contributed by atoms with Crippen LogP contribution in [0.15, 0.2) is 24.3 Å². The number of aliphatic hydroxyl groups is 1. The molecule has 1 N–H and O–H groups in total. The van der Waals surface area contributed by atoms with Crippen LogP contribution in [0.4, 0.5) is 0 Å². The van der Waals surface area contributed by atoms with E-state index in [-0.39, 0.29) is 6.10 Å². The molecule has 0 spiro atoms. The van der Waals surface area contributed by atoms with Crippen molar-refractivity contribution in [2.75, 3.05) is 13.1 Å². The second kappa shape index (κ2) is 5.46. The molecule has 2 heteroatoms. The molecule has 1 saturated heterocycles. The standard InChI is InChI=1S/C14H21NO/c1-2-12-6-3-4-7-13(12)10-15-9-5-8-14(16)11-15/h3-4,6-7,14,16H,2,5,8-11H2,1H3/t14-/m1/s1. The third-order valence-electron chi connectivity index (χ3n) is 3.37. The summed E-state index contributed by atoms with van der Waals surface area (Å²) in [5, 5.41) is 9.64. The van der Waals surface area contributed by atoms with Crippen LogP contribution >= 0.6 is 0 Å². The molecule has 0 aliphatic carbocycles. The van der Waals surface area contributed by atoms with Crippen molar-refractivity contribution in [1.82, 2.24) is 4.90 Å². The number of aliphatic hydroxyl groups excluding tert-OH is 1. The number of hydrogen-bond donors (Lipinski definition) is 1. The number of piperidine rings is 1. The molecule has 88 valence electrons. The van der Waals surface area contributed by atoms with Gasteiger partial charge in [-0.1, -0.05) is 31.2 Å². The maximum absolute atomic E-state index is 9.64. The highest BCUT2D eigenvalue weighted by atomic mass is 16.3. The van der Waals surface area contributed by atoms with Crippen LogP contribution in [0.2, 0.25) is 0 Å². The molecule has 1 aromatic rings. The third kappa shape index (κ3) is 2.83. The second-order valence-electron chi connectivity index (χ2n) is 4.65. The fraction of sp³-hybridized carbons (Fsp3) is 0.571. The zero-order valence-electron chi connectivity index (χ0n) is 10.0. The molecule has 16 heavy (non-hydrogen) atoms. The van der Waals surface area contributed by atoms with Crippen molar-refractivity contribution in [3.63, 3.8) is 0 Å². The molecule has 1 aromatic carbocycles. The largest absolute Gasteiger partial charge is 0.392 e. The van der Waals surface area contributed by atoms with Crippen LogP contribution in [0.5, 0.6) is 0 Å². The van der Waals surface area contributed by atoms with Crippen molar-refractivity contribution in [2.45, 2.75) is 38.8 Å². The molecule has 1 aliphatic rings. The lowest BCUT2D eigenvalue weighted by Gasteiger charge is -2.30. The van der Waals surface area contributed by atoms with Gasteiger partial charge in [-0.2, -0.15) is 0 Å². The van der Waals surface area contributed by atoms with Gasteiger partial charge in [-0.3, -0.25) is 4.90 Å². The Bertz CT molecular complexity index is 337. The van der Waals surface area contributed by atoms with Gasteiger partial charge in [0.05, 0.1) is 6.10 Å². The smallest absolute Gasteiger partial charge is 0.0667 e. The maximum Gasteiger partial charge on any atom is 0.0667 e. The van der Waals surface area contributed by atoms with Crippen LogP contribution in [-0.2, 0) is 13.0 Å². The first-order chi connectivity index (χ1) is 7.79. The average molecular weight is 219 g/mol. The van der Waals surface area contributed by atoms with E-state index in [0.29, 0.717) is 0 Å². The first-order valence-corrected chi connectivity index (χ1v) is 6.26. The van der Waals surface area contributed by atoms with Crippen LogP contribution in [0, 0.1) is 0 Å². The van der Waals surface area contributed by atoms with E-state index < -0.39 is 0 Å². The summed E-state index contributed by atoms with van der Waals surface area (Å²) in [5.41, 5.74) is 2.85. The number of aryl methyl sites for hydroxylation is 1. The Morgan fingerprint density at radius 1 is 1.31 bits per heavy atom. The number of nitrogens with zero attached hydrogens (tertiary/aromatic N) is 1. The van der Waals surface area contributed by atoms with Gasteiger partial charge in [0.15, 0.2) is 0 Å². The van der Waals surface area contributed by atoms with Gasteiger partial charge in [0.25, 0.3) is 0 Å². The Morgan fingerprint density at radius 2 is 2.06 bits per heavy atom. The Kier molecular flexibility index (Phi) is 3.97. The van der Waals surface area contributed by atoms with Crippen molar-refractivity contribution >= 4 is 0 Å². The summed E-state index contributed by atoms with van der Waals surface area (Å²) in [6, 6.07) is 8.62. The van der Waals surface area contributed by atoms with Crippen molar-refractivity contribution in [2.24, 2.45) is 0 Å². The van der Waals surface area contributed by atoms with Gasteiger partial charge < -0.3 is 5.11 Å². The number of β-amino-alcohol motifs (C(OH)–C–C–N with tert-alkyl or cyclic N) is 1. The predicted octanol–water partition coefficient (Wildman–Crippen LogP) is 2.21. The molecule has 2 nitrogen and oxygen atoms in total. The molecule has 0 amide bonds.